The van der Waals surface area contributed by atoms with Crippen LogP contribution in [0.2, 0.25) is 0 Å². The number of amides is 1. The van der Waals surface area contributed by atoms with Crippen LogP contribution in [0.4, 0.5) is 0 Å². The van der Waals surface area contributed by atoms with E-state index in [1.807, 2.05) is 6.92 Å². The van der Waals surface area contributed by atoms with E-state index < -0.39 is 0 Å². The minimum Gasteiger partial charge on any atom is -0.394 e. The lowest BCUT2D eigenvalue weighted by molar-refractivity contribution is -0.123. The highest BCUT2D eigenvalue weighted by Crippen LogP contribution is 1.95. The van der Waals surface area contributed by atoms with E-state index in [9.17, 15) is 4.79 Å². The maximum atomic E-state index is 10.7. The number of nitrogens with one attached hydrogen (secondary N) is 2. The molecule has 1 fully saturated rings. The predicted molar refractivity (Wildman–Crippen MR) is 36.5 cm³/mol. The van der Waals surface area contributed by atoms with Gasteiger partial charge >= 0.3 is 0 Å². The molecular weight excluding hydrogens is 132 g/mol. The van der Waals surface area contributed by atoms with Crippen molar-refractivity contribution in [2.45, 2.75) is 19.0 Å². The number of carbonyl (C=O) groups is 1. The van der Waals surface area contributed by atoms with Crippen molar-refractivity contribution in [1.82, 2.24) is 10.6 Å². The lowest BCUT2D eigenvalue weighted by Crippen LogP contribution is -2.58. The Morgan fingerprint density at radius 3 is 3.00 bits per heavy atom. The van der Waals surface area contributed by atoms with Gasteiger partial charge in [-0.2, -0.15) is 0 Å². The number of hydrogen-bond acceptors (Lipinski definition) is 3. The largest absolute Gasteiger partial charge is 0.394 e. The molecule has 4 heteroatoms. The highest BCUT2D eigenvalue weighted by molar-refractivity contribution is 5.79. The molecule has 0 spiro atoms. The second-order valence-electron chi connectivity index (χ2n) is 2.53. The standard InChI is InChI=1S/C6H12N2O2/c1-4-5(3-9)8-6(10)2-7-4/h4-5,7,9H,2-3H2,1H3,(H,8,10). The molecule has 1 aliphatic heterocycles. The summed E-state index contributed by atoms with van der Waals surface area (Å²) in [6.07, 6.45) is 0. The summed E-state index contributed by atoms with van der Waals surface area (Å²) in [5, 5.41) is 14.3. The number of aliphatic hydroxyl groups excluding tert-OH is 1. The Hall–Kier alpha value is -0.610. The van der Waals surface area contributed by atoms with Crippen LogP contribution < -0.4 is 10.6 Å². The van der Waals surface area contributed by atoms with Crippen molar-refractivity contribution in [2.75, 3.05) is 13.2 Å². The summed E-state index contributed by atoms with van der Waals surface area (Å²) in [4.78, 5) is 10.7. The van der Waals surface area contributed by atoms with E-state index in [0.29, 0.717) is 6.54 Å². The van der Waals surface area contributed by atoms with Crippen molar-refractivity contribution in [2.24, 2.45) is 0 Å². The molecule has 3 N–H and O–H groups in total. The van der Waals surface area contributed by atoms with Gasteiger partial charge in [-0.05, 0) is 6.92 Å². The number of hydrogen-bond donors (Lipinski definition) is 3. The normalized spacial score (nSPS) is 33.6. The second kappa shape index (κ2) is 2.98. The molecule has 10 heavy (non-hydrogen) atoms. The van der Waals surface area contributed by atoms with E-state index in [4.69, 9.17) is 5.11 Å². The Bertz CT molecular complexity index is 138. The van der Waals surface area contributed by atoms with Gasteiger partial charge in [-0.25, -0.2) is 0 Å². The average Bonchev–Trinajstić information content (AvgIpc) is 1.94. The molecule has 1 rings (SSSR count). The smallest absolute Gasteiger partial charge is 0.234 e. The van der Waals surface area contributed by atoms with Gasteiger partial charge in [-0.15, -0.1) is 0 Å². The second-order valence-corrected chi connectivity index (χ2v) is 2.53. The van der Waals surface area contributed by atoms with Gasteiger partial charge in [0.2, 0.25) is 5.91 Å². The van der Waals surface area contributed by atoms with E-state index >= 15 is 0 Å². The molecule has 0 aromatic rings. The topological polar surface area (TPSA) is 61.4 Å². The number of aliphatic hydroxyl groups is 1. The Morgan fingerprint density at radius 1 is 1.80 bits per heavy atom. The highest BCUT2D eigenvalue weighted by Gasteiger charge is 2.23. The molecule has 1 amide bonds. The van der Waals surface area contributed by atoms with Gasteiger partial charge in [0.15, 0.2) is 0 Å². The average molecular weight is 144 g/mol. The van der Waals surface area contributed by atoms with Gasteiger partial charge in [0.05, 0.1) is 19.2 Å². The van der Waals surface area contributed by atoms with Gasteiger partial charge < -0.3 is 15.7 Å². The molecule has 0 aromatic heterocycles. The molecule has 58 valence electrons. The predicted octanol–water partition coefficient (Wildman–Crippen LogP) is -1.54. The highest BCUT2D eigenvalue weighted by atomic mass is 16.3. The van der Waals surface area contributed by atoms with Crippen LogP contribution >= 0.6 is 0 Å². The van der Waals surface area contributed by atoms with Gasteiger partial charge in [0.1, 0.15) is 0 Å². The van der Waals surface area contributed by atoms with Crippen molar-refractivity contribution < 1.29 is 9.90 Å². The van der Waals surface area contributed by atoms with Crippen molar-refractivity contribution in [3.63, 3.8) is 0 Å². The van der Waals surface area contributed by atoms with E-state index in [1.54, 1.807) is 0 Å². The summed E-state index contributed by atoms with van der Waals surface area (Å²) < 4.78 is 0. The molecule has 1 heterocycles. The van der Waals surface area contributed by atoms with Gasteiger partial charge in [0.25, 0.3) is 0 Å². The molecule has 1 saturated heterocycles. The third-order valence-corrected chi connectivity index (χ3v) is 1.73. The fourth-order valence-electron chi connectivity index (χ4n) is 0.983. The van der Waals surface area contributed by atoms with Crippen LogP contribution in [0.15, 0.2) is 0 Å². The number of piperazine rings is 1. The molecular formula is C6H12N2O2. The Kier molecular flexibility index (Phi) is 2.24. The molecule has 0 bridgehead atoms. The van der Waals surface area contributed by atoms with Crippen molar-refractivity contribution in [3.8, 4) is 0 Å². The molecule has 2 atom stereocenters. The first-order valence-corrected chi connectivity index (χ1v) is 3.37. The van der Waals surface area contributed by atoms with E-state index in [-0.39, 0.29) is 24.6 Å². The zero-order valence-electron chi connectivity index (χ0n) is 5.92. The number of rotatable bonds is 1. The third kappa shape index (κ3) is 1.46. The minimum atomic E-state index is -0.124. The monoisotopic (exact) mass is 144 g/mol. The quantitative estimate of drug-likeness (QED) is 0.418. The van der Waals surface area contributed by atoms with Crippen LogP contribution in [0.5, 0.6) is 0 Å². The summed E-state index contributed by atoms with van der Waals surface area (Å²) in [5.41, 5.74) is 0. The summed E-state index contributed by atoms with van der Waals surface area (Å²) >= 11 is 0. The van der Waals surface area contributed by atoms with Crippen LogP contribution in [-0.2, 0) is 4.79 Å². The van der Waals surface area contributed by atoms with Crippen LogP contribution in [0.25, 0.3) is 0 Å². The third-order valence-electron chi connectivity index (χ3n) is 1.73. The molecule has 0 aromatic carbocycles. The van der Waals surface area contributed by atoms with E-state index in [2.05, 4.69) is 10.6 Å². The van der Waals surface area contributed by atoms with Crippen LogP contribution in [0.3, 0.4) is 0 Å². The molecule has 4 nitrogen and oxygen atoms in total. The fraction of sp³-hybridized carbons (Fsp3) is 0.833. The molecule has 0 saturated carbocycles. The van der Waals surface area contributed by atoms with Crippen molar-refractivity contribution in [3.05, 3.63) is 0 Å². The van der Waals surface area contributed by atoms with E-state index in [0.717, 1.165) is 0 Å². The van der Waals surface area contributed by atoms with Gasteiger partial charge in [-0.3, -0.25) is 4.79 Å². The zero-order valence-corrected chi connectivity index (χ0v) is 5.92. The van der Waals surface area contributed by atoms with Crippen LogP contribution in [0, 0.1) is 0 Å². The summed E-state index contributed by atoms with van der Waals surface area (Å²) in [6, 6.07) is 0.0453. The van der Waals surface area contributed by atoms with Crippen LogP contribution in [0.1, 0.15) is 6.92 Å². The Morgan fingerprint density at radius 2 is 2.50 bits per heavy atom. The fourth-order valence-corrected chi connectivity index (χ4v) is 0.983. The Labute approximate surface area is 59.6 Å². The molecule has 2 unspecified atom stereocenters. The van der Waals surface area contributed by atoms with E-state index in [1.165, 1.54) is 0 Å². The lowest BCUT2D eigenvalue weighted by Gasteiger charge is -2.28. The van der Waals surface area contributed by atoms with Gasteiger partial charge in [-0.1, -0.05) is 0 Å². The molecule has 1 aliphatic rings. The summed E-state index contributed by atoms with van der Waals surface area (Å²) in [6.45, 7) is 2.29. The van der Waals surface area contributed by atoms with Crippen molar-refractivity contribution >= 4 is 5.91 Å². The first kappa shape index (κ1) is 7.50. The maximum absolute atomic E-state index is 10.7. The number of carbonyl (C=O) groups excluding carboxylic acids is 1. The first-order chi connectivity index (χ1) is 4.74. The summed E-state index contributed by atoms with van der Waals surface area (Å²) in [5.74, 6) is -0.0443. The minimum absolute atomic E-state index is 0.0000926. The van der Waals surface area contributed by atoms with Crippen molar-refractivity contribution in [1.29, 1.82) is 0 Å². The van der Waals surface area contributed by atoms with Crippen LogP contribution in [-0.4, -0.2) is 36.2 Å². The zero-order chi connectivity index (χ0) is 7.56. The Balaban J connectivity index is 2.45. The SMILES string of the molecule is CC1NCC(=O)NC1CO. The lowest BCUT2D eigenvalue weighted by atomic mass is 10.1. The first-order valence-electron chi connectivity index (χ1n) is 3.37. The molecule has 0 radical (unpaired) electrons. The maximum Gasteiger partial charge on any atom is 0.234 e. The summed E-state index contributed by atoms with van der Waals surface area (Å²) in [7, 11) is 0. The molecule has 0 aliphatic carbocycles. The van der Waals surface area contributed by atoms with Gasteiger partial charge in [0, 0.05) is 6.04 Å².